The fourth-order valence-electron chi connectivity index (χ4n) is 3.87. The number of rotatable bonds is 7. The second-order valence-electron chi connectivity index (χ2n) is 8.41. The monoisotopic (exact) mass is 478 g/mol. The lowest BCUT2D eigenvalue weighted by Crippen LogP contribution is -2.49. The molecule has 1 aromatic rings. The number of ether oxygens (including phenoxy) is 1. The van der Waals surface area contributed by atoms with Gasteiger partial charge in [-0.15, -0.1) is 23.2 Å². The average molecular weight is 479 g/mol. The van der Waals surface area contributed by atoms with Gasteiger partial charge in [-0.05, 0) is 68.9 Å². The number of hydrogen-bond acceptors (Lipinski definition) is 4. The summed E-state index contributed by atoms with van der Waals surface area (Å²) in [7, 11) is -3.94. The van der Waals surface area contributed by atoms with Crippen LogP contribution in [-0.2, 0) is 10.2 Å². The number of hydrogen-bond donors (Lipinski definition) is 1. The second-order valence-corrected chi connectivity index (χ2v) is 11.7. The molecule has 6 nitrogen and oxygen atoms in total. The molecule has 1 amide bonds. The average Bonchev–Trinajstić information content (AvgIpc) is 3.43. The first-order chi connectivity index (χ1) is 14.2. The Labute approximate surface area is 186 Å². The molecule has 0 spiro atoms. The first-order valence-corrected chi connectivity index (χ1v) is 12.5. The zero-order valence-electron chi connectivity index (χ0n) is 16.5. The third-order valence-corrected chi connectivity index (χ3v) is 8.30. The van der Waals surface area contributed by atoms with Gasteiger partial charge in [0.15, 0.2) is 0 Å². The molecule has 1 N–H and O–H groups in total. The van der Waals surface area contributed by atoms with E-state index in [1.165, 1.54) is 6.07 Å². The first-order valence-electron chi connectivity index (χ1n) is 10.3. The molecule has 2 saturated carbocycles. The molecule has 1 aromatic carbocycles. The van der Waals surface area contributed by atoms with Gasteiger partial charge in [-0.25, -0.2) is 9.11 Å². The van der Waals surface area contributed by atoms with E-state index < -0.39 is 26.3 Å². The quantitative estimate of drug-likeness (QED) is 0.597. The SMILES string of the molecule is O=C(NS(=O)(=O)N1CCC1)c1ccc(OCC2CCC(Cl)(Cl)CC2)c(C2CC2)c1F. The normalized spacial score (nSPS) is 22.4. The maximum Gasteiger partial charge on any atom is 0.304 e. The van der Waals surface area contributed by atoms with Crippen LogP contribution in [0.2, 0.25) is 0 Å². The predicted molar refractivity (Wildman–Crippen MR) is 113 cm³/mol. The largest absolute Gasteiger partial charge is 0.493 e. The van der Waals surface area contributed by atoms with Crippen LogP contribution in [0.25, 0.3) is 0 Å². The summed E-state index contributed by atoms with van der Waals surface area (Å²) in [4.78, 5) is 12.5. The van der Waals surface area contributed by atoms with Crippen LogP contribution >= 0.6 is 23.2 Å². The van der Waals surface area contributed by atoms with Crippen molar-refractivity contribution in [3.63, 3.8) is 0 Å². The second kappa shape index (κ2) is 8.45. The van der Waals surface area contributed by atoms with Gasteiger partial charge < -0.3 is 4.74 Å². The molecule has 4 rings (SSSR count). The van der Waals surface area contributed by atoms with Gasteiger partial charge in [0.2, 0.25) is 0 Å². The molecular formula is C20H25Cl2FN2O4S. The van der Waals surface area contributed by atoms with E-state index in [0.29, 0.717) is 43.9 Å². The van der Waals surface area contributed by atoms with Gasteiger partial charge in [0, 0.05) is 18.7 Å². The summed E-state index contributed by atoms with van der Waals surface area (Å²) in [6.45, 7) is 1.15. The Bertz CT molecular complexity index is 923. The molecule has 0 aromatic heterocycles. The van der Waals surface area contributed by atoms with Crippen molar-refractivity contribution < 1.29 is 22.3 Å². The van der Waals surface area contributed by atoms with Crippen molar-refractivity contribution in [2.24, 2.45) is 5.92 Å². The standard InChI is InChI=1S/C20H25Cl2FN2O4S/c21-20(22)8-6-13(7-9-20)12-29-16-5-4-15(18(23)17(16)14-2-3-14)19(26)24-30(27,28)25-10-1-11-25/h4-5,13-14H,1-3,6-12H2,(H,24,26). The Kier molecular flexibility index (Phi) is 6.23. The molecule has 0 atom stereocenters. The van der Waals surface area contributed by atoms with Crippen LogP contribution in [0.5, 0.6) is 5.75 Å². The van der Waals surface area contributed by atoms with E-state index in [-0.39, 0.29) is 17.4 Å². The third kappa shape index (κ3) is 4.87. The summed E-state index contributed by atoms with van der Waals surface area (Å²) >= 11 is 12.3. The number of amides is 1. The van der Waals surface area contributed by atoms with Gasteiger partial charge >= 0.3 is 10.2 Å². The molecule has 3 fully saturated rings. The number of halogens is 3. The van der Waals surface area contributed by atoms with Gasteiger partial charge in [0.1, 0.15) is 15.9 Å². The van der Waals surface area contributed by atoms with Crippen LogP contribution in [0.4, 0.5) is 4.39 Å². The lowest BCUT2D eigenvalue weighted by molar-refractivity contribution is 0.0973. The van der Waals surface area contributed by atoms with Crippen LogP contribution < -0.4 is 9.46 Å². The van der Waals surface area contributed by atoms with Gasteiger partial charge in [-0.1, -0.05) is 0 Å². The minimum Gasteiger partial charge on any atom is -0.493 e. The number of carbonyl (C=O) groups excluding carboxylic acids is 1. The molecule has 30 heavy (non-hydrogen) atoms. The smallest absolute Gasteiger partial charge is 0.304 e. The van der Waals surface area contributed by atoms with Crippen LogP contribution in [0.3, 0.4) is 0 Å². The van der Waals surface area contributed by atoms with Crippen molar-refractivity contribution in [3.05, 3.63) is 29.1 Å². The summed E-state index contributed by atoms with van der Waals surface area (Å²) in [6.07, 6.45) is 5.44. The minimum absolute atomic E-state index is 0.00979. The number of benzene rings is 1. The van der Waals surface area contributed by atoms with Crippen molar-refractivity contribution in [2.75, 3.05) is 19.7 Å². The number of nitrogens with zero attached hydrogens (tertiary/aromatic N) is 1. The Morgan fingerprint density at radius 1 is 1.20 bits per heavy atom. The van der Waals surface area contributed by atoms with Crippen molar-refractivity contribution in [2.45, 2.75) is 55.2 Å². The maximum absolute atomic E-state index is 15.2. The van der Waals surface area contributed by atoms with Crippen molar-refractivity contribution >= 4 is 39.3 Å². The molecule has 1 heterocycles. The molecule has 1 aliphatic heterocycles. The van der Waals surface area contributed by atoms with E-state index in [0.717, 1.165) is 36.4 Å². The first kappa shape index (κ1) is 22.1. The Balaban J connectivity index is 1.47. The molecule has 10 heteroatoms. The lowest BCUT2D eigenvalue weighted by Gasteiger charge is -2.30. The molecule has 2 aliphatic carbocycles. The van der Waals surface area contributed by atoms with Crippen LogP contribution in [0.1, 0.15) is 66.8 Å². The summed E-state index contributed by atoms with van der Waals surface area (Å²) < 4.78 is 47.9. The van der Waals surface area contributed by atoms with E-state index in [2.05, 4.69) is 0 Å². The predicted octanol–water partition coefficient (Wildman–Crippen LogP) is 4.13. The molecule has 0 radical (unpaired) electrons. The molecule has 0 unspecified atom stereocenters. The third-order valence-electron chi connectivity index (χ3n) is 6.06. The highest BCUT2D eigenvalue weighted by molar-refractivity contribution is 7.87. The van der Waals surface area contributed by atoms with Crippen LogP contribution in [0.15, 0.2) is 12.1 Å². The van der Waals surface area contributed by atoms with E-state index in [1.54, 1.807) is 6.07 Å². The van der Waals surface area contributed by atoms with E-state index in [1.807, 2.05) is 4.72 Å². The topological polar surface area (TPSA) is 75.7 Å². The van der Waals surface area contributed by atoms with E-state index >= 15 is 4.39 Å². The molecule has 1 saturated heterocycles. The van der Waals surface area contributed by atoms with Gasteiger partial charge in [0.25, 0.3) is 5.91 Å². The van der Waals surface area contributed by atoms with E-state index in [9.17, 15) is 13.2 Å². The van der Waals surface area contributed by atoms with E-state index in [4.69, 9.17) is 27.9 Å². The lowest BCUT2D eigenvalue weighted by atomic mass is 9.89. The van der Waals surface area contributed by atoms with Crippen molar-refractivity contribution in [1.29, 1.82) is 0 Å². The Hall–Kier alpha value is -1.09. The van der Waals surface area contributed by atoms with Gasteiger partial charge in [-0.3, -0.25) is 4.79 Å². The van der Waals surface area contributed by atoms with Crippen LogP contribution in [-0.4, -0.2) is 42.7 Å². The molecular weight excluding hydrogens is 454 g/mol. The highest BCUT2D eigenvalue weighted by Crippen LogP contribution is 2.47. The fraction of sp³-hybridized carbons (Fsp3) is 0.650. The summed E-state index contributed by atoms with van der Waals surface area (Å²) in [6, 6.07) is 2.86. The zero-order chi connectivity index (χ0) is 21.5. The van der Waals surface area contributed by atoms with Gasteiger partial charge in [-0.2, -0.15) is 12.7 Å². The molecule has 0 bridgehead atoms. The number of alkyl halides is 2. The Morgan fingerprint density at radius 2 is 1.87 bits per heavy atom. The molecule has 166 valence electrons. The van der Waals surface area contributed by atoms with Crippen molar-refractivity contribution in [1.82, 2.24) is 9.03 Å². The van der Waals surface area contributed by atoms with Crippen LogP contribution in [0, 0.1) is 11.7 Å². The van der Waals surface area contributed by atoms with Crippen molar-refractivity contribution in [3.8, 4) is 5.75 Å². The maximum atomic E-state index is 15.2. The highest BCUT2D eigenvalue weighted by atomic mass is 35.5. The summed E-state index contributed by atoms with van der Waals surface area (Å²) in [5.74, 6) is -0.957. The summed E-state index contributed by atoms with van der Waals surface area (Å²) in [5, 5.41) is 0. The number of nitrogens with one attached hydrogen (secondary N) is 1. The Morgan fingerprint density at radius 3 is 2.43 bits per heavy atom. The summed E-state index contributed by atoms with van der Waals surface area (Å²) in [5.41, 5.74) is 0.0870. The minimum atomic E-state index is -3.94. The highest BCUT2D eigenvalue weighted by Gasteiger charge is 2.35. The number of carbonyl (C=O) groups is 1. The fourth-order valence-corrected chi connectivity index (χ4v) is 5.52. The molecule has 3 aliphatic rings. The zero-order valence-corrected chi connectivity index (χ0v) is 18.8. The van der Waals surface area contributed by atoms with Gasteiger partial charge in [0.05, 0.1) is 12.2 Å².